The summed E-state index contributed by atoms with van der Waals surface area (Å²) >= 11 is 6.04. The number of sulfonamides is 2. The van der Waals surface area contributed by atoms with Crippen LogP contribution in [0.25, 0.3) is 0 Å². The predicted molar refractivity (Wildman–Crippen MR) is 154 cm³/mol. The van der Waals surface area contributed by atoms with Crippen molar-refractivity contribution in [2.24, 2.45) is 0 Å². The average Bonchev–Trinajstić information content (AvgIpc) is 3.45. The van der Waals surface area contributed by atoms with Gasteiger partial charge in [0.05, 0.1) is 19.8 Å². The standard InChI is InChI=1S/C13H14F3N3O2S.C12H12Br2FN3O2S/c1-9-5-11(7-19(9)8-17)18-22(20,21)12-4-2-3-10(6-12)13(14,15)16;1-7-2-8(5-18(7)6-16)17-21(19,20)12-4-9(13)11(15)3-10(12)14/h2-4,6,9,11,18H,5,7H2,1H3;3-4,7-8,17H,2,5H2,1H3/t9-,11+;7-,8+/m00/s1. The summed E-state index contributed by atoms with van der Waals surface area (Å²) in [5.74, 6) is -0.550. The van der Waals surface area contributed by atoms with E-state index in [1.165, 1.54) is 15.9 Å². The fourth-order valence-corrected chi connectivity index (χ4v) is 8.69. The maximum Gasteiger partial charge on any atom is 0.416 e. The summed E-state index contributed by atoms with van der Waals surface area (Å²) in [6.07, 6.45) is 0.342. The van der Waals surface area contributed by atoms with Crippen LogP contribution in [0.15, 0.2) is 55.1 Å². The highest BCUT2D eigenvalue weighted by molar-refractivity contribution is 9.11. The van der Waals surface area contributed by atoms with E-state index in [2.05, 4.69) is 41.3 Å². The third kappa shape index (κ3) is 8.80. The smallest absolute Gasteiger partial charge is 0.306 e. The van der Waals surface area contributed by atoms with Crippen molar-refractivity contribution in [3.63, 3.8) is 0 Å². The summed E-state index contributed by atoms with van der Waals surface area (Å²) in [4.78, 5) is 2.48. The van der Waals surface area contributed by atoms with Crippen LogP contribution in [0.3, 0.4) is 0 Å². The first-order valence-electron chi connectivity index (χ1n) is 12.6. The topological polar surface area (TPSA) is 146 Å². The minimum absolute atomic E-state index is 0.00825. The van der Waals surface area contributed by atoms with E-state index in [4.69, 9.17) is 10.5 Å². The van der Waals surface area contributed by atoms with Crippen LogP contribution in [0.4, 0.5) is 17.6 Å². The largest absolute Gasteiger partial charge is 0.416 e. The average molecular weight is 774 g/mol. The van der Waals surface area contributed by atoms with Crippen LogP contribution in [0.2, 0.25) is 0 Å². The van der Waals surface area contributed by atoms with E-state index in [9.17, 15) is 34.4 Å². The van der Waals surface area contributed by atoms with E-state index in [1.807, 2.05) is 19.3 Å². The monoisotopic (exact) mass is 772 g/mol. The number of hydrogen-bond donors (Lipinski definition) is 2. The molecule has 2 N–H and O–H groups in total. The zero-order valence-corrected chi connectivity index (χ0v) is 27.4. The zero-order chi connectivity index (χ0) is 32.3. The molecule has 4 rings (SSSR count). The quantitative estimate of drug-likeness (QED) is 0.248. The van der Waals surface area contributed by atoms with Gasteiger partial charge in [-0.05, 0) is 88.9 Å². The lowest BCUT2D eigenvalue weighted by molar-refractivity contribution is -0.137. The molecule has 4 atom stereocenters. The van der Waals surface area contributed by atoms with E-state index < -0.39 is 48.5 Å². The first kappa shape index (κ1) is 35.0. The Bertz CT molecular complexity index is 1650. The number of nitrogens with one attached hydrogen (secondary N) is 2. The molecule has 0 unspecified atom stereocenters. The maximum absolute atomic E-state index is 13.4. The molecule has 0 spiro atoms. The summed E-state index contributed by atoms with van der Waals surface area (Å²) in [6, 6.07) is 4.91. The van der Waals surface area contributed by atoms with Gasteiger partial charge in [-0.25, -0.2) is 30.7 Å². The van der Waals surface area contributed by atoms with Crippen LogP contribution in [-0.2, 0) is 26.2 Å². The van der Waals surface area contributed by atoms with Crippen molar-refractivity contribution < 1.29 is 34.4 Å². The molecule has 0 saturated carbocycles. The molecule has 0 aromatic heterocycles. The second kappa shape index (κ2) is 13.7. The second-order valence-corrected chi connectivity index (χ2v) is 15.1. The van der Waals surface area contributed by atoms with Gasteiger partial charge in [-0.2, -0.15) is 23.7 Å². The molecule has 2 heterocycles. The third-order valence-corrected chi connectivity index (χ3v) is 11.4. The molecule has 2 saturated heterocycles. The van der Waals surface area contributed by atoms with Crippen molar-refractivity contribution in [1.82, 2.24) is 19.2 Å². The molecule has 2 aromatic rings. The zero-order valence-electron chi connectivity index (χ0n) is 22.6. The summed E-state index contributed by atoms with van der Waals surface area (Å²) in [6.45, 7) is 4.18. The molecule has 0 amide bonds. The minimum Gasteiger partial charge on any atom is -0.306 e. The van der Waals surface area contributed by atoms with Crippen LogP contribution in [0.1, 0.15) is 32.3 Å². The van der Waals surface area contributed by atoms with Crippen LogP contribution in [0.5, 0.6) is 0 Å². The van der Waals surface area contributed by atoms with Crippen molar-refractivity contribution in [2.75, 3.05) is 13.1 Å². The lowest BCUT2D eigenvalue weighted by Gasteiger charge is -2.14. The number of benzene rings is 2. The predicted octanol–water partition coefficient (Wildman–Crippen LogP) is 4.50. The molecule has 18 heteroatoms. The van der Waals surface area contributed by atoms with Crippen LogP contribution >= 0.6 is 31.9 Å². The molecular weight excluding hydrogens is 748 g/mol. The summed E-state index contributed by atoms with van der Waals surface area (Å²) < 4.78 is 106. The van der Waals surface area contributed by atoms with E-state index in [-0.39, 0.29) is 38.5 Å². The molecule has 0 radical (unpaired) electrons. The Hall–Kier alpha value is -2.48. The van der Waals surface area contributed by atoms with Gasteiger partial charge in [-0.15, -0.1) is 0 Å². The SMILES string of the molecule is C[C@H]1C[C@@H](NS(=O)(=O)c2cc(Br)c(F)cc2Br)CN1C#N.C[C@H]1C[C@@H](NS(=O)(=O)c2cccc(C(F)(F)F)c2)CN1C#N. The first-order chi connectivity index (χ1) is 19.9. The fraction of sp³-hybridized carbons (Fsp3) is 0.440. The number of alkyl halides is 3. The number of nitriles is 2. The molecule has 2 fully saturated rings. The number of rotatable bonds is 6. The molecule has 2 aromatic carbocycles. The Balaban J connectivity index is 0.000000236. The fourth-order valence-electron chi connectivity index (χ4n) is 4.63. The van der Waals surface area contributed by atoms with E-state index in [0.29, 0.717) is 25.5 Å². The van der Waals surface area contributed by atoms with E-state index >= 15 is 0 Å². The Labute approximate surface area is 264 Å². The molecule has 234 valence electrons. The normalized spacial score (nSPS) is 22.5. The minimum atomic E-state index is -4.61. The second-order valence-electron chi connectivity index (χ2n) is 10.0. The van der Waals surface area contributed by atoms with Crippen molar-refractivity contribution >= 4 is 51.9 Å². The highest BCUT2D eigenvalue weighted by Crippen LogP contribution is 2.31. The molecule has 0 aliphatic carbocycles. The lowest BCUT2D eigenvalue weighted by Crippen LogP contribution is -2.36. The van der Waals surface area contributed by atoms with Gasteiger partial charge in [0, 0.05) is 41.7 Å². The number of halogens is 6. The van der Waals surface area contributed by atoms with Crippen LogP contribution in [0, 0.1) is 28.7 Å². The lowest BCUT2D eigenvalue weighted by atomic mass is 10.2. The van der Waals surface area contributed by atoms with Crippen LogP contribution in [-0.4, -0.2) is 63.9 Å². The van der Waals surface area contributed by atoms with E-state index in [1.54, 1.807) is 6.92 Å². The molecule has 2 aliphatic heterocycles. The Morgan fingerprint density at radius 2 is 1.37 bits per heavy atom. The van der Waals surface area contributed by atoms with Gasteiger partial charge < -0.3 is 9.80 Å². The van der Waals surface area contributed by atoms with Crippen molar-refractivity contribution in [3.8, 4) is 12.4 Å². The summed E-state index contributed by atoms with van der Waals surface area (Å²) in [7, 11) is -7.87. The van der Waals surface area contributed by atoms with Crippen molar-refractivity contribution in [3.05, 3.63) is 56.7 Å². The highest BCUT2D eigenvalue weighted by Gasteiger charge is 2.35. The Morgan fingerprint density at radius 3 is 1.84 bits per heavy atom. The summed E-state index contributed by atoms with van der Waals surface area (Å²) in [5.41, 5.74) is -1.02. The van der Waals surface area contributed by atoms with Gasteiger partial charge >= 0.3 is 6.18 Å². The molecule has 2 aliphatic rings. The summed E-state index contributed by atoms with van der Waals surface area (Å²) in [5, 5.41) is 17.8. The van der Waals surface area contributed by atoms with Gasteiger partial charge in [0.2, 0.25) is 20.0 Å². The molecule has 43 heavy (non-hydrogen) atoms. The Morgan fingerprint density at radius 1 is 0.860 bits per heavy atom. The third-order valence-electron chi connectivity index (χ3n) is 6.79. The highest BCUT2D eigenvalue weighted by atomic mass is 79.9. The first-order valence-corrected chi connectivity index (χ1v) is 17.1. The van der Waals surface area contributed by atoms with Gasteiger partial charge in [0.15, 0.2) is 12.4 Å². The molecule has 0 bridgehead atoms. The Kier molecular flexibility index (Phi) is 11.1. The molecular formula is C25H26Br2F4N6O4S2. The number of hydrogen-bond acceptors (Lipinski definition) is 8. The van der Waals surface area contributed by atoms with Crippen LogP contribution < -0.4 is 9.44 Å². The van der Waals surface area contributed by atoms with E-state index in [0.717, 1.165) is 24.3 Å². The van der Waals surface area contributed by atoms with Crippen molar-refractivity contribution in [1.29, 1.82) is 10.5 Å². The number of likely N-dealkylation sites (tertiary alicyclic amines) is 2. The van der Waals surface area contributed by atoms with Crippen molar-refractivity contribution in [2.45, 2.75) is 66.8 Å². The molecule has 10 nitrogen and oxygen atoms in total. The van der Waals surface area contributed by atoms with Gasteiger partial charge in [-0.3, -0.25) is 0 Å². The van der Waals surface area contributed by atoms with Gasteiger partial charge in [0.1, 0.15) is 5.82 Å². The van der Waals surface area contributed by atoms with Gasteiger partial charge in [-0.1, -0.05) is 6.07 Å². The number of nitrogens with zero attached hydrogens (tertiary/aromatic N) is 4. The van der Waals surface area contributed by atoms with Gasteiger partial charge in [0.25, 0.3) is 0 Å². The maximum atomic E-state index is 13.4.